The summed E-state index contributed by atoms with van der Waals surface area (Å²) in [4.78, 5) is 37.6. The van der Waals surface area contributed by atoms with Crippen molar-refractivity contribution in [2.24, 2.45) is 0 Å². The molecule has 0 aliphatic heterocycles. The number of carbonyl (C=O) groups is 2. The first kappa shape index (κ1) is 69.2. The van der Waals surface area contributed by atoms with Gasteiger partial charge in [0, 0.05) is 12.8 Å². The molecule has 0 aliphatic rings. The minimum absolute atomic E-state index is 0.0179. The van der Waals surface area contributed by atoms with Crippen LogP contribution in [0, 0.1) is 0 Å². The fourth-order valence-electron chi connectivity index (χ4n) is 7.31. The van der Waals surface area contributed by atoms with Gasteiger partial charge in [0.2, 0.25) is 5.91 Å². The molecule has 0 spiro atoms. The fraction of sp³-hybridized carbons (Fsp3) is 0.619. The van der Waals surface area contributed by atoms with Crippen molar-refractivity contribution in [1.29, 1.82) is 0 Å². The molecular formula is C63H106N2O7P+. The van der Waals surface area contributed by atoms with E-state index in [1.807, 2.05) is 94.1 Å². The summed E-state index contributed by atoms with van der Waals surface area (Å²) in [6.45, 7) is 6.74. The maximum Gasteiger partial charge on any atom is 0.472 e. The number of phosphoric ester groups is 1. The molecule has 0 fully saturated rings. The Morgan fingerprint density at radius 2 is 0.932 bits per heavy atom. The van der Waals surface area contributed by atoms with Crippen LogP contribution >= 0.6 is 7.82 Å². The molecule has 3 atom stereocenters. The SMILES string of the molecule is CC\C=C/C=C/C=C/C=C\C=C\C=C\CCCCCC(=O)OC(/C=C/CCCCCCCCCCC)C(COP(=O)(O)OCC[N+](C)(C)C)NC(=O)CCCCC/C=C\C/C=C\C/C=C\C/C=C\CCCCC. The summed E-state index contributed by atoms with van der Waals surface area (Å²) in [5.74, 6) is -0.606. The van der Waals surface area contributed by atoms with Crippen molar-refractivity contribution in [2.45, 2.75) is 213 Å². The van der Waals surface area contributed by atoms with Gasteiger partial charge in [-0.25, -0.2) is 4.57 Å². The van der Waals surface area contributed by atoms with Crippen molar-refractivity contribution in [1.82, 2.24) is 5.32 Å². The molecule has 0 aromatic heterocycles. The summed E-state index contributed by atoms with van der Waals surface area (Å²) in [7, 11) is 1.42. The number of ether oxygens (including phenoxy) is 1. The molecular weight excluding hydrogens is 928 g/mol. The number of hydrogen-bond donors (Lipinski definition) is 2. The predicted octanol–water partition coefficient (Wildman–Crippen LogP) is 17.3. The molecule has 414 valence electrons. The van der Waals surface area contributed by atoms with Crippen LogP contribution in [0.25, 0.3) is 0 Å². The Labute approximate surface area is 447 Å². The molecule has 0 saturated carbocycles. The highest BCUT2D eigenvalue weighted by atomic mass is 31.2. The van der Waals surface area contributed by atoms with Gasteiger partial charge in [-0.2, -0.15) is 0 Å². The first-order valence-corrected chi connectivity index (χ1v) is 30.1. The van der Waals surface area contributed by atoms with E-state index in [1.165, 1.54) is 70.6 Å². The van der Waals surface area contributed by atoms with Crippen molar-refractivity contribution in [3.05, 3.63) is 134 Å². The quantitative estimate of drug-likeness (QED) is 0.0156. The maximum atomic E-state index is 13.5. The number of esters is 1. The zero-order valence-electron chi connectivity index (χ0n) is 47.1. The molecule has 0 radical (unpaired) electrons. The van der Waals surface area contributed by atoms with E-state index in [-0.39, 0.29) is 37.9 Å². The van der Waals surface area contributed by atoms with Crippen LogP contribution in [0.1, 0.15) is 201 Å². The first-order valence-electron chi connectivity index (χ1n) is 28.6. The van der Waals surface area contributed by atoms with E-state index in [2.05, 4.69) is 86.8 Å². The normalized spacial score (nSPS) is 14.8. The first-order chi connectivity index (χ1) is 35.4. The Balaban J connectivity index is 5.48. The highest BCUT2D eigenvalue weighted by molar-refractivity contribution is 7.47. The molecule has 0 aliphatic carbocycles. The number of likely N-dealkylation sites (N-methyl/N-ethyl adjacent to an activating group) is 1. The molecule has 10 heteroatoms. The molecule has 73 heavy (non-hydrogen) atoms. The predicted molar refractivity (Wildman–Crippen MR) is 313 cm³/mol. The number of allylic oxidation sites excluding steroid dienone is 21. The zero-order valence-corrected chi connectivity index (χ0v) is 48.0. The van der Waals surface area contributed by atoms with Gasteiger partial charge in [0.25, 0.3) is 0 Å². The lowest BCUT2D eigenvalue weighted by atomic mass is 10.1. The fourth-order valence-corrected chi connectivity index (χ4v) is 8.04. The Bertz CT molecular complexity index is 1710. The minimum Gasteiger partial charge on any atom is -0.456 e. The summed E-state index contributed by atoms with van der Waals surface area (Å²) >= 11 is 0. The van der Waals surface area contributed by atoms with Crippen LogP contribution in [0.4, 0.5) is 0 Å². The van der Waals surface area contributed by atoms with Gasteiger partial charge in [0.05, 0.1) is 33.8 Å². The van der Waals surface area contributed by atoms with Crippen LogP contribution in [0.2, 0.25) is 0 Å². The third-order valence-corrected chi connectivity index (χ3v) is 12.7. The number of quaternary nitrogens is 1. The molecule has 9 nitrogen and oxygen atoms in total. The maximum absolute atomic E-state index is 13.5. The average molecular weight is 1030 g/mol. The van der Waals surface area contributed by atoms with Gasteiger partial charge in [-0.3, -0.25) is 18.6 Å². The zero-order chi connectivity index (χ0) is 53.6. The Kier molecular flexibility index (Phi) is 48.9. The van der Waals surface area contributed by atoms with E-state index < -0.39 is 20.0 Å². The van der Waals surface area contributed by atoms with Crippen LogP contribution < -0.4 is 5.32 Å². The van der Waals surface area contributed by atoms with Crippen LogP contribution in [-0.2, 0) is 27.9 Å². The second kappa shape index (κ2) is 51.6. The van der Waals surface area contributed by atoms with Crippen molar-refractivity contribution in [3.63, 3.8) is 0 Å². The largest absolute Gasteiger partial charge is 0.472 e. The lowest BCUT2D eigenvalue weighted by molar-refractivity contribution is -0.870. The standard InChI is InChI=1S/C63H105N2O7P/c1-7-10-13-16-19-22-25-27-29-31-32-34-35-37-40-43-46-49-52-55-62(66)64-60(59-71-73(68,69)70-58-57-65(4,5)6)61(54-51-48-45-42-39-24-21-18-15-12-9-3)72-63(67)56-53-50-47-44-41-38-36-33-30-28-26-23-20-17-14-11-8-2/h11,14,17,19-20,22-23,26-30,32-34,36-38,40-41,51,54,60-61H,7-10,12-13,15-16,18,21,24-25,31,35,39,42-50,52-53,55-59H2,1-6H3,(H-,64,66,68,69)/p+1/b14-11-,20-17+,22-19-,26-23+,29-27-,30-28-,34-32-,36-33+,40-37-,41-38+,54-51+. The summed E-state index contributed by atoms with van der Waals surface area (Å²) in [5.41, 5.74) is 0. The second-order valence-electron chi connectivity index (χ2n) is 19.9. The summed E-state index contributed by atoms with van der Waals surface area (Å²) in [6, 6.07) is -0.893. The number of carbonyl (C=O) groups excluding carboxylic acids is 2. The smallest absolute Gasteiger partial charge is 0.456 e. The lowest BCUT2D eigenvalue weighted by Crippen LogP contribution is -2.47. The van der Waals surface area contributed by atoms with Crippen molar-refractivity contribution in [3.8, 4) is 0 Å². The molecule has 3 unspecified atom stereocenters. The number of unbranched alkanes of at least 4 members (excludes halogenated alkanes) is 18. The van der Waals surface area contributed by atoms with E-state index in [4.69, 9.17) is 13.8 Å². The van der Waals surface area contributed by atoms with E-state index in [9.17, 15) is 19.0 Å². The molecule has 0 bridgehead atoms. The Morgan fingerprint density at radius 1 is 0.507 bits per heavy atom. The molecule has 0 heterocycles. The molecule has 0 aromatic rings. The monoisotopic (exact) mass is 1030 g/mol. The number of nitrogens with one attached hydrogen (secondary N) is 1. The van der Waals surface area contributed by atoms with Gasteiger partial charge in [-0.05, 0) is 96.0 Å². The topological polar surface area (TPSA) is 111 Å². The average Bonchev–Trinajstić information content (AvgIpc) is 3.35. The number of nitrogens with zero attached hydrogens (tertiary/aromatic N) is 1. The minimum atomic E-state index is -4.47. The molecule has 0 rings (SSSR count). The Hall–Kier alpha value is -3.85. The van der Waals surface area contributed by atoms with Crippen LogP contribution in [0.5, 0.6) is 0 Å². The lowest BCUT2D eigenvalue weighted by Gasteiger charge is -2.27. The van der Waals surface area contributed by atoms with E-state index in [0.29, 0.717) is 23.9 Å². The van der Waals surface area contributed by atoms with Crippen LogP contribution in [0.3, 0.4) is 0 Å². The van der Waals surface area contributed by atoms with Crippen molar-refractivity contribution in [2.75, 3.05) is 40.9 Å². The van der Waals surface area contributed by atoms with Gasteiger partial charge >= 0.3 is 13.8 Å². The summed E-state index contributed by atoms with van der Waals surface area (Å²) in [6.07, 6.45) is 73.0. The molecule has 0 saturated heterocycles. The van der Waals surface area contributed by atoms with E-state index in [0.717, 1.165) is 83.5 Å². The molecule has 2 N–H and O–H groups in total. The number of phosphoric acid groups is 1. The van der Waals surface area contributed by atoms with Crippen LogP contribution in [-0.4, -0.2) is 74.3 Å². The van der Waals surface area contributed by atoms with E-state index >= 15 is 0 Å². The van der Waals surface area contributed by atoms with Gasteiger partial charge in [0.15, 0.2) is 0 Å². The highest BCUT2D eigenvalue weighted by Crippen LogP contribution is 2.43. The highest BCUT2D eigenvalue weighted by Gasteiger charge is 2.30. The summed E-state index contributed by atoms with van der Waals surface area (Å²) in [5, 5.41) is 3.01. The number of amides is 1. The molecule has 1 amide bonds. The number of rotatable bonds is 49. The third-order valence-electron chi connectivity index (χ3n) is 11.7. The van der Waals surface area contributed by atoms with Gasteiger partial charge in [-0.15, -0.1) is 0 Å². The summed E-state index contributed by atoms with van der Waals surface area (Å²) < 4.78 is 30.5. The van der Waals surface area contributed by atoms with Crippen molar-refractivity contribution >= 4 is 19.7 Å². The van der Waals surface area contributed by atoms with Crippen molar-refractivity contribution < 1.29 is 37.3 Å². The third kappa shape index (κ3) is 52.8. The number of hydrogen-bond acceptors (Lipinski definition) is 6. The van der Waals surface area contributed by atoms with Gasteiger partial charge < -0.3 is 19.4 Å². The Morgan fingerprint density at radius 3 is 1.47 bits per heavy atom. The van der Waals surface area contributed by atoms with E-state index in [1.54, 1.807) is 0 Å². The molecule has 0 aromatic carbocycles. The van der Waals surface area contributed by atoms with Gasteiger partial charge in [-0.1, -0.05) is 225 Å². The second-order valence-corrected chi connectivity index (χ2v) is 21.3. The van der Waals surface area contributed by atoms with Crippen LogP contribution in [0.15, 0.2) is 134 Å². The van der Waals surface area contributed by atoms with Gasteiger partial charge in [0.1, 0.15) is 19.3 Å².